The van der Waals surface area contributed by atoms with Crippen molar-refractivity contribution in [1.29, 1.82) is 0 Å². The lowest BCUT2D eigenvalue weighted by Crippen LogP contribution is -2.30. The van der Waals surface area contributed by atoms with Crippen molar-refractivity contribution < 1.29 is 9.72 Å². The van der Waals surface area contributed by atoms with E-state index in [2.05, 4.69) is 27.8 Å². The highest BCUT2D eigenvalue weighted by Gasteiger charge is 2.15. The number of carbonyl (C=O) groups excluding carboxylic acids is 1. The Balaban J connectivity index is 1.79. The number of pyridine rings is 1. The van der Waals surface area contributed by atoms with Crippen LogP contribution >= 0.6 is 0 Å². The zero-order chi connectivity index (χ0) is 15.1. The Kier molecular flexibility index (Phi) is 5.25. The maximum Gasteiger partial charge on any atom is 0.319 e. The average Bonchev–Trinajstić information content (AvgIpc) is 2.48. The number of amides is 2. The summed E-state index contributed by atoms with van der Waals surface area (Å²) in [5.74, 6) is 0.602. The SMILES string of the molecule is O=C(NCCC1CC=CCC1)Nc1ccncc1[N+](=O)[O-]. The molecule has 1 aliphatic carbocycles. The second-order valence-electron chi connectivity index (χ2n) is 4.97. The monoisotopic (exact) mass is 290 g/mol. The highest BCUT2D eigenvalue weighted by molar-refractivity contribution is 5.91. The molecule has 21 heavy (non-hydrogen) atoms. The van der Waals surface area contributed by atoms with Crippen LogP contribution in [0.15, 0.2) is 30.6 Å². The first kappa shape index (κ1) is 15.0. The van der Waals surface area contributed by atoms with Gasteiger partial charge in [0.1, 0.15) is 11.9 Å². The maximum absolute atomic E-state index is 11.7. The Bertz CT molecular complexity index is 545. The molecule has 0 fully saturated rings. The van der Waals surface area contributed by atoms with Crippen LogP contribution in [0.4, 0.5) is 16.2 Å². The quantitative estimate of drug-likeness (QED) is 0.495. The van der Waals surface area contributed by atoms with E-state index in [1.54, 1.807) is 0 Å². The Hall–Kier alpha value is -2.44. The van der Waals surface area contributed by atoms with Gasteiger partial charge in [-0.3, -0.25) is 15.1 Å². The number of aromatic nitrogens is 1. The van der Waals surface area contributed by atoms with Crippen LogP contribution in [0.3, 0.4) is 0 Å². The van der Waals surface area contributed by atoms with Gasteiger partial charge in [-0.1, -0.05) is 12.2 Å². The van der Waals surface area contributed by atoms with Crippen LogP contribution < -0.4 is 10.6 Å². The molecule has 2 amide bonds. The number of allylic oxidation sites excluding steroid dienone is 2. The van der Waals surface area contributed by atoms with Crippen LogP contribution in [0, 0.1) is 16.0 Å². The largest absolute Gasteiger partial charge is 0.338 e. The number of rotatable bonds is 5. The van der Waals surface area contributed by atoms with Gasteiger partial charge in [0, 0.05) is 12.7 Å². The van der Waals surface area contributed by atoms with Crippen LogP contribution in [0.2, 0.25) is 0 Å². The fourth-order valence-electron chi connectivity index (χ4n) is 2.31. The fourth-order valence-corrected chi connectivity index (χ4v) is 2.31. The molecule has 2 N–H and O–H groups in total. The van der Waals surface area contributed by atoms with Crippen molar-refractivity contribution in [2.75, 3.05) is 11.9 Å². The van der Waals surface area contributed by atoms with Crippen molar-refractivity contribution in [3.8, 4) is 0 Å². The van der Waals surface area contributed by atoms with Gasteiger partial charge in [-0.15, -0.1) is 0 Å². The molecule has 0 saturated carbocycles. The van der Waals surface area contributed by atoms with E-state index in [1.165, 1.54) is 12.3 Å². The number of nitro groups is 1. The first-order chi connectivity index (χ1) is 10.2. The minimum atomic E-state index is -0.572. The third kappa shape index (κ3) is 4.55. The predicted octanol–water partition coefficient (Wildman–Crippen LogP) is 2.86. The zero-order valence-electron chi connectivity index (χ0n) is 11.6. The fraction of sp³-hybridized carbons (Fsp3) is 0.429. The average molecular weight is 290 g/mol. The first-order valence-corrected chi connectivity index (χ1v) is 6.95. The highest BCUT2D eigenvalue weighted by Crippen LogP contribution is 2.22. The van der Waals surface area contributed by atoms with Crippen LogP contribution in [-0.4, -0.2) is 22.5 Å². The van der Waals surface area contributed by atoms with Crippen molar-refractivity contribution in [1.82, 2.24) is 10.3 Å². The number of nitrogens with one attached hydrogen (secondary N) is 2. The van der Waals surface area contributed by atoms with Crippen LogP contribution in [0.25, 0.3) is 0 Å². The van der Waals surface area contributed by atoms with Crippen LogP contribution in [0.1, 0.15) is 25.7 Å². The van der Waals surface area contributed by atoms with Gasteiger partial charge >= 0.3 is 11.7 Å². The standard InChI is InChI=1S/C14H18N4O3/c19-14(16-9-6-11-4-2-1-3-5-11)17-12-7-8-15-10-13(12)18(20)21/h1-2,7-8,10-11H,3-6,9H2,(H2,15,16,17,19). The van der Waals surface area contributed by atoms with Gasteiger partial charge in [-0.05, 0) is 37.7 Å². The number of carbonyl (C=O) groups is 1. The van der Waals surface area contributed by atoms with E-state index in [-0.39, 0.29) is 11.4 Å². The maximum atomic E-state index is 11.7. The molecule has 0 aromatic carbocycles. The van der Waals surface area contributed by atoms with Crippen molar-refractivity contribution >= 4 is 17.4 Å². The Morgan fingerprint density at radius 3 is 3.05 bits per heavy atom. The summed E-state index contributed by atoms with van der Waals surface area (Å²) in [6.07, 6.45) is 11.1. The summed E-state index contributed by atoms with van der Waals surface area (Å²) < 4.78 is 0. The molecule has 2 rings (SSSR count). The molecule has 0 spiro atoms. The van der Waals surface area contributed by atoms with Crippen molar-refractivity contribution in [3.05, 3.63) is 40.7 Å². The summed E-state index contributed by atoms with van der Waals surface area (Å²) in [5, 5.41) is 16.0. The summed E-state index contributed by atoms with van der Waals surface area (Å²) in [6.45, 7) is 0.559. The molecule has 1 atom stereocenters. The van der Waals surface area contributed by atoms with E-state index in [0.717, 1.165) is 31.9 Å². The number of hydrogen-bond donors (Lipinski definition) is 2. The minimum Gasteiger partial charge on any atom is -0.338 e. The molecular formula is C14H18N4O3. The summed E-state index contributed by atoms with van der Waals surface area (Å²) >= 11 is 0. The molecule has 1 aliphatic rings. The van der Waals surface area contributed by atoms with Crippen LogP contribution in [-0.2, 0) is 0 Å². The van der Waals surface area contributed by atoms with E-state index in [9.17, 15) is 14.9 Å². The van der Waals surface area contributed by atoms with Gasteiger partial charge in [-0.2, -0.15) is 0 Å². The molecule has 0 bridgehead atoms. The molecule has 1 heterocycles. The highest BCUT2D eigenvalue weighted by atomic mass is 16.6. The molecule has 1 unspecified atom stereocenters. The molecule has 0 aliphatic heterocycles. The summed E-state index contributed by atoms with van der Waals surface area (Å²) in [6, 6.07) is 0.972. The summed E-state index contributed by atoms with van der Waals surface area (Å²) in [4.78, 5) is 25.7. The van der Waals surface area contributed by atoms with Gasteiger partial charge in [0.15, 0.2) is 0 Å². The zero-order valence-corrected chi connectivity index (χ0v) is 11.6. The van der Waals surface area contributed by atoms with Crippen LogP contribution in [0.5, 0.6) is 0 Å². The molecule has 0 radical (unpaired) electrons. The molecule has 7 heteroatoms. The predicted molar refractivity (Wildman–Crippen MR) is 79.0 cm³/mol. The Labute approximate surface area is 122 Å². The molecular weight excluding hydrogens is 272 g/mol. The summed E-state index contributed by atoms with van der Waals surface area (Å²) in [7, 11) is 0. The third-order valence-corrected chi connectivity index (χ3v) is 3.46. The molecule has 7 nitrogen and oxygen atoms in total. The van der Waals surface area contributed by atoms with E-state index in [4.69, 9.17) is 0 Å². The van der Waals surface area contributed by atoms with E-state index in [0.29, 0.717) is 12.5 Å². The Morgan fingerprint density at radius 1 is 1.48 bits per heavy atom. The van der Waals surface area contributed by atoms with Gasteiger partial charge < -0.3 is 10.6 Å². The summed E-state index contributed by atoms with van der Waals surface area (Å²) in [5.41, 5.74) is -0.0711. The van der Waals surface area contributed by atoms with E-state index in [1.807, 2.05) is 0 Å². The number of urea groups is 1. The second-order valence-corrected chi connectivity index (χ2v) is 4.97. The molecule has 0 saturated heterocycles. The van der Waals surface area contributed by atoms with E-state index < -0.39 is 11.0 Å². The lowest BCUT2D eigenvalue weighted by atomic mass is 9.92. The minimum absolute atomic E-state index is 0.146. The number of nitrogens with zero attached hydrogens (tertiary/aromatic N) is 2. The van der Waals surface area contributed by atoms with Gasteiger partial charge in [0.2, 0.25) is 0 Å². The van der Waals surface area contributed by atoms with Crippen molar-refractivity contribution in [2.45, 2.75) is 25.7 Å². The van der Waals surface area contributed by atoms with Gasteiger partial charge in [0.05, 0.1) is 4.92 Å². The topological polar surface area (TPSA) is 97.2 Å². The third-order valence-electron chi connectivity index (χ3n) is 3.46. The smallest absolute Gasteiger partial charge is 0.319 e. The molecule has 112 valence electrons. The van der Waals surface area contributed by atoms with Gasteiger partial charge in [-0.25, -0.2) is 4.79 Å². The number of hydrogen-bond acceptors (Lipinski definition) is 4. The first-order valence-electron chi connectivity index (χ1n) is 6.95. The van der Waals surface area contributed by atoms with Crippen molar-refractivity contribution in [2.24, 2.45) is 5.92 Å². The lowest BCUT2D eigenvalue weighted by molar-refractivity contribution is -0.384. The normalized spacial score (nSPS) is 17.2. The van der Waals surface area contributed by atoms with E-state index >= 15 is 0 Å². The Morgan fingerprint density at radius 2 is 2.33 bits per heavy atom. The molecule has 1 aromatic rings. The van der Waals surface area contributed by atoms with Crippen molar-refractivity contribution in [3.63, 3.8) is 0 Å². The number of anilines is 1. The van der Waals surface area contributed by atoms with Gasteiger partial charge in [0.25, 0.3) is 0 Å². The second kappa shape index (κ2) is 7.37. The lowest BCUT2D eigenvalue weighted by Gasteiger charge is -2.17. The molecule has 1 aromatic heterocycles.